The summed E-state index contributed by atoms with van der Waals surface area (Å²) in [5.41, 5.74) is 0. The fourth-order valence-corrected chi connectivity index (χ4v) is 0.0559. The van der Waals surface area contributed by atoms with Gasteiger partial charge in [0.25, 0.3) is 0 Å². The van der Waals surface area contributed by atoms with Gasteiger partial charge in [0.1, 0.15) is 0 Å². The zero-order valence-corrected chi connectivity index (χ0v) is 2.95. The predicted molar refractivity (Wildman–Crippen MR) is 26.5 cm³/mol. The van der Waals surface area contributed by atoms with E-state index < -0.39 is 32.5 Å². The van der Waals surface area contributed by atoms with Crippen molar-refractivity contribution in [1.82, 2.24) is 0 Å². The van der Waals surface area contributed by atoms with E-state index in [-0.39, 0.29) is 0 Å². The maximum absolute atomic E-state index is 8.95. The Morgan fingerprint density at radius 1 is 2.17 bits per heavy atom. The van der Waals surface area contributed by atoms with Gasteiger partial charge in [0.15, 0.2) is 0 Å². The smallest absolute Gasteiger partial charge is 0.0564 e. The minimum atomic E-state index is -3.81. The summed E-state index contributed by atoms with van der Waals surface area (Å²) in [6.45, 7) is -11.1. The molecule has 0 aliphatic carbocycles. The van der Waals surface area contributed by atoms with Crippen LogP contribution < -0.4 is 0 Å². The predicted octanol–water partition coefficient (Wildman–Crippen LogP) is 1.02. The SMILES string of the molecule is [2H]C([2H])([2H])C([2H])(C([2H])([2H])[2H])C([2H])([2H])C([2H])([2H])O. The normalized spacial score (nSPS) is 47.8. The molecular formula is C5H12O. The average molecular weight is 99.2 g/mol. The summed E-state index contributed by atoms with van der Waals surface area (Å²) < 4.78 is 77.0. The first-order chi connectivity index (χ1) is 7.00. The molecule has 1 nitrogen and oxygen atoms in total. The van der Waals surface area contributed by atoms with Crippen LogP contribution in [0.25, 0.3) is 0 Å². The summed E-state index contributed by atoms with van der Waals surface area (Å²) in [5, 5.41) is 8.95. The molecule has 0 aromatic carbocycles. The number of hydrogen-bond donors (Lipinski definition) is 1. The van der Waals surface area contributed by atoms with Crippen molar-refractivity contribution in [3.63, 3.8) is 0 Å². The van der Waals surface area contributed by atoms with Crippen LogP contribution in [0, 0.1) is 5.89 Å². The van der Waals surface area contributed by atoms with Crippen LogP contribution in [-0.4, -0.2) is 11.7 Å². The average Bonchev–Trinajstić information content (AvgIpc) is 1.95. The summed E-state index contributed by atoms with van der Waals surface area (Å²) in [6.07, 6.45) is -3.81. The van der Waals surface area contributed by atoms with Crippen LogP contribution in [0.3, 0.4) is 0 Å². The Bertz CT molecular complexity index is 266. The lowest BCUT2D eigenvalue weighted by molar-refractivity contribution is 0.268. The zero-order valence-electron chi connectivity index (χ0n) is 13.9. The van der Waals surface area contributed by atoms with Gasteiger partial charge in [-0.25, -0.2) is 0 Å². The van der Waals surface area contributed by atoms with Crippen molar-refractivity contribution >= 4 is 0 Å². The van der Waals surface area contributed by atoms with Gasteiger partial charge in [-0.05, 0) is 12.3 Å². The maximum atomic E-state index is 8.95. The van der Waals surface area contributed by atoms with Crippen LogP contribution in [0.1, 0.15) is 35.2 Å². The minimum Gasteiger partial charge on any atom is -0.396 e. The van der Waals surface area contributed by atoms with Crippen LogP contribution in [0.15, 0.2) is 0 Å². The van der Waals surface area contributed by atoms with Gasteiger partial charge in [-0.15, -0.1) is 0 Å². The van der Waals surface area contributed by atoms with Gasteiger partial charge < -0.3 is 5.11 Å². The summed E-state index contributed by atoms with van der Waals surface area (Å²) in [6, 6.07) is 0. The van der Waals surface area contributed by atoms with E-state index in [0.29, 0.717) is 0 Å². The monoisotopic (exact) mass is 99.2 g/mol. The number of rotatable bonds is 2. The second-order valence-electron chi connectivity index (χ2n) is 0.612. The molecule has 0 aromatic rings. The van der Waals surface area contributed by atoms with Crippen LogP contribution in [-0.2, 0) is 0 Å². The summed E-state index contributed by atoms with van der Waals surface area (Å²) in [4.78, 5) is 0. The van der Waals surface area contributed by atoms with Gasteiger partial charge in [-0.3, -0.25) is 0 Å². The molecule has 0 saturated heterocycles. The molecular weight excluding hydrogens is 76.1 g/mol. The topological polar surface area (TPSA) is 20.2 Å². The molecule has 0 fully saturated rings. The van der Waals surface area contributed by atoms with Crippen molar-refractivity contribution < 1.29 is 20.2 Å². The first-order valence-electron chi connectivity index (χ1n) is 6.72. The minimum absolute atomic E-state index is 3.64. The second-order valence-corrected chi connectivity index (χ2v) is 0.612. The van der Waals surface area contributed by atoms with Crippen molar-refractivity contribution in [2.24, 2.45) is 5.89 Å². The summed E-state index contributed by atoms with van der Waals surface area (Å²) in [7, 11) is 0. The highest BCUT2D eigenvalue weighted by molar-refractivity contribution is 4.38. The lowest BCUT2D eigenvalue weighted by Gasteiger charge is -1.95. The molecule has 0 amide bonds. The highest BCUT2D eigenvalue weighted by atomic mass is 16.2. The molecule has 1 heteroatoms. The van der Waals surface area contributed by atoms with Crippen LogP contribution in [0.5, 0.6) is 0 Å². The quantitative estimate of drug-likeness (QED) is 0.548. The molecule has 6 heavy (non-hydrogen) atoms. The lowest BCUT2D eigenvalue weighted by atomic mass is 10.2. The third-order valence-corrected chi connectivity index (χ3v) is 0.181. The third-order valence-electron chi connectivity index (χ3n) is 0.181. The first-order valence-corrected chi connectivity index (χ1v) is 1.22. The van der Waals surface area contributed by atoms with E-state index in [2.05, 4.69) is 0 Å². The molecule has 0 rings (SSSR count). The Morgan fingerprint density at radius 2 is 2.83 bits per heavy atom. The second kappa shape index (κ2) is 3.16. The zero-order chi connectivity index (χ0) is 14.5. The van der Waals surface area contributed by atoms with E-state index in [1.54, 1.807) is 0 Å². The first kappa shape index (κ1) is 0.576. The number of hydrogen-bond acceptors (Lipinski definition) is 1. The Morgan fingerprint density at radius 3 is 3.00 bits per heavy atom. The molecule has 1 N–H and O–H groups in total. The van der Waals surface area contributed by atoms with Gasteiger partial charge >= 0.3 is 0 Å². The molecule has 0 radical (unpaired) electrons. The largest absolute Gasteiger partial charge is 0.396 e. The number of aliphatic hydroxyl groups is 1. The Kier molecular flexibility index (Phi) is 0.303. The van der Waals surface area contributed by atoms with Crippen molar-refractivity contribution in [2.45, 2.75) is 20.1 Å². The third kappa shape index (κ3) is 3.96. The van der Waals surface area contributed by atoms with E-state index in [1.165, 1.54) is 0 Å². The molecule has 0 bridgehead atoms. The highest BCUT2D eigenvalue weighted by Gasteiger charge is 1.86. The molecule has 0 unspecified atom stereocenters. The van der Waals surface area contributed by atoms with Crippen LogP contribution in [0.4, 0.5) is 0 Å². The van der Waals surface area contributed by atoms with E-state index in [9.17, 15) is 0 Å². The van der Waals surface area contributed by atoms with Gasteiger partial charge in [0.05, 0.1) is 2.74 Å². The van der Waals surface area contributed by atoms with Crippen LogP contribution >= 0.6 is 0 Å². The van der Waals surface area contributed by atoms with E-state index in [1.807, 2.05) is 0 Å². The lowest BCUT2D eigenvalue weighted by Crippen LogP contribution is -1.89. The Labute approximate surface area is 54.4 Å². The fraction of sp³-hybridized carbons (Fsp3) is 1.00. The van der Waals surface area contributed by atoms with Gasteiger partial charge in [0.2, 0.25) is 0 Å². The molecule has 0 saturated carbocycles. The highest BCUT2D eigenvalue weighted by Crippen LogP contribution is 1.94. The Balaban J connectivity index is 6.04. The van der Waals surface area contributed by atoms with Gasteiger partial charge in [-0.2, -0.15) is 0 Å². The van der Waals surface area contributed by atoms with E-state index >= 15 is 0 Å². The van der Waals surface area contributed by atoms with Gasteiger partial charge in [-0.1, -0.05) is 13.7 Å². The van der Waals surface area contributed by atoms with Crippen molar-refractivity contribution in [1.29, 1.82) is 0 Å². The summed E-state index contributed by atoms with van der Waals surface area (Å²) in [5.74, 6) is -3.79. The molecule has 0 aromatic heterocycles. The molecule has 0 spiro atoms. The fourth-order valence-electron chi connectivity index (χ4n) is 0.0559. The molecule has 0 heterocycles. The Hall–Kier alpha value is -0.0400. The summed E-state index contributed by atoms with van der Waals surface area (Å²) >= 11 is 0. The van der Waals surface area contributed by atoms with Crippen molar-refractivity contribution in [3.8, 4) is 0 Å². The molecule has 38 valence electrons. The molecule has 0 atom stereocenters. The molecule has 0 aliphatic rings. The van der Waals surface area contributed by atoms with Crippen molar-refractivity contribution in [2.75, 3.05) is 6.56 Å². The van der Waals surface area contributed by atoms with Crippen LogP contribution in [0.2, 0.25) is 0 Å². The van der Waals surface area contributed by atoms with E-state index in [0.717, 1.165) is 0 Å². The van der Waals surface area contributed by atoms with Gasteiger partial charge in [0, 0.05) is 18.9 Å². The molecule has 0 aliphatic heterocycles. The standard InChI is InChI=1S/C5H12O/c1-5(2)3-4-6/h5-6H,3-4H2,1-2H3/i1D3,2D3,3D2,4D2,5D. The maximum Gasteiger partial charge on any atom is 0.0564 e. The van der Waals surface area contributed by atoms with E-state index in [4.69, 9.17) is 20.2 Å². The van der Waals surface area contributed by atoms with Crippen molar-refractivity contribution in [3.05, 3.63) is 0 Å².